The maximum atomic E-state index is 8.00. The van der Waals surface area contributed by atoms with Crippen LogP contribution in [0.3, 0.4) is 0 Å². The van der Waals surface area contributed by atoms with Crippen molar-refractivity contribution in [3.8, 4) is 0 Å². The number of aliphatic hydroxyl groups is 1. The largest absolute Gasteiger partial charge is 0.400 e. The number of rotatable bonds is 7. The molecule has 0 fully saturated rings. The van der Waals surface area contributed by atoms with E-state index >= 15 is 0 Å². The lowest BCUT2D eigenvalue weighted by Gasteiger charge is -2.14. The second-order valence-electron chi connectivity index (χ2n) is 4.15. The Morgan fingerprint density at radius 1 is 0.960 bits per heavy atom. The SMILES string of the molecule is C=C.C=O.CC.CC.CCCC(CCCc1ccccc1)NC.CO. The van der Waals surface area contributed by atoms with Crippen molar-refractivity contribution in [1.82, 2.24) is 5.32 Å². The van der Waals surface area contributed by atoms with Gasteiger partial charge in [-0.1, -0.05) is 71.4 Å². The van der Waals surface area contributed by atoms with Crippen molar-refractivity contribution in [3.05, 3.63) is 49.1 Å². The predicted octanol–water partition coefficient (Wildman–Crippen LogP) is 5.68. The molecule has 0 aromatic heterocycles. The quantitative estimate of drug-likeness (QED) is 0.619. The van der Waals surface area contributed by atoms with Crippen LogP contribution in [0.4, 0.5) is 0 Å². The highest BCUT2D eigenvalue weighted by Crippen LogP contribution is 2.09. The van der Waals surface area contributed by atoms with Crippen molar-refractivity contribution in [2.75, 3.05) is 14.2 Å². The summed E-state index contributed by atoms with van der Waals surface area (Å²) < 4.78 is 0. The van der Waals surface area contributed by atoms with Crippen LogP contribution in [0.5, 0.6) is 0 Å². The number of benzene rings is 1. The molecule has 150 valence electrons. The average Bonchev–Trinajstić information content (AvgIpc) is 2.75. The van der Waals surface area contributed by atoms with Crippen LogP contribution in [-0.4, -0.2) is 32.1 Å². The van der Waals surface area contributed by atoms with Crippen molar-refractivity contribution in [3.63, 3.8) is 0 Å². The van der Waals surface area contributed by atoms with Gasteiger partial charge in [-0.2, -0.15) is 0 Å². The Morgan fingerprint density at radius 2 is 1.40 bits per heavy atom. The molecule has 0 heterocycles. The van der Waals surface area contributed by atoms with Gasteiger partial charge in [0.2, 0.25) is 0 Å². The van der Waals surface area contributed by atoms with Crippen molar-refractivity contribution in [2.45, 2.75) is 72.8 Å². The Hall–Kier alpha value is -1.45. The molecule has 0 spiro atoms. The van der Waals surface area contributed by atoms with Crippen LogP contribution in [0.15, 0.2) is 43.5 Å². The molecule has 0 aliphatic carbocycles. The number of hydrogen-bond donors (Lipinski definition) is 2. The topological polar surface area (TPSA) is 49.3 Å². The molecule has 0 aliphatic rings. The minimum Gasteiger partial charge on any atom is -0.400 e. The number of aliphatic hydroxyl groups excluding tert-OH is 1. The molecule has 1 rings (SSSR count). The zero-order valence-electron chi connectivity index (χ0n) is 18.0. The van der Waals surface area contributed by atoms with Gasteiger partial charge in [0.25, 0.3) is 0 Å². The Kier molecular flexibility index (Phi) is 60.3. The van der Waals surface area contributed by atoms with Crippen LogP contribution in [0.2, 0.25) is 0 Å². The number of carbonyl (C=O) groups is 1. The molecule has 2 N–H and O–H groups in total. The Morgan fingerprint density at radius 3 is 1.76 bits per heavy atom. The highest BCUT2D eigenvalue weighted by Gasteiger charge is 2.03. The van der Waals surface area contributed by atoms with Crippen LogP contribution >= 0.6 is 0 Å². The van der Waals surface area contributed by atoms with Gasteiger partial charge in [-0.05, 0) is 38.3 Å². The minimum absolute atomic E-state index is 0.707. The lowest BCUT2D eigenvalue weighted by atomic mass is 10.0. The number of nitrogens with one attached hydrogen (secondary N) is 1. The van der Waals surface area contributed by atoms with Gasteiger partial charge in [-0.25, -0.2) is 0 Å². The molecule has 0 radical (unpaired) electrons. The van der Waals surface area contributed by atoms with Gasteiger partial charge in [0, 0.05) is 13.2 Å². The van der Waals surface area contributed by atoms with Gasteiger partial charge in [-0.3, -0.25) is 0 Å². The normalized spacial score (nSPS) is 8.64. The highest BCUT2D eigenvalue weighted by atomic mass is 16.2. The number of hydrogen-bond acceptors (Lipinski definition) is 3. The van der Waals surface area contributed by atoms with Gasteiger partial charge in [0.15, 0.2) is 0 Å². The fourth-order valence-electron chi connectivity index (χ4n) is 1.98. The molecule has 0 saturated carbocycles. The zero-order valence-corrected chi connectivity index (χ0v) is 18.0. The standard InChI is InChI=1S/C14H23N.2C2H6.C2H4.CH4O.CH2O/c1-3-8-14(15-2)12-7-11-13-9-5-4-6-10-13;5*1-2/h4-6,9-10,14-15H,3,7-8,11-12H2,1-2H3;2*1-2H3;1-2H2;2H,1H3;1H2. The van der Waals surface area contributed by atoms with Gasteiger partial charge in [-0.15, -0.1) is 13.2 Å². The van der Waals surface area contributed by atoms with E-state index in [1.165, 1.54) is 37.7 Å². The highest BCUT2D eigenvalue weighted by molar-refractivity contribution is 5.14. The molecular formula is C22H45NO2. The van der Waals surface area contributed by atoms with E-state index < -0.39 is 0 Å². The van der Waals surface area contributed by atoms with Crippen LogP contribution in [0, 0.1) is 0 Å². The Labute approximate surface area is 158 Å². The van der Waals surface area contributed by atoms with E-state index in [1.54, 1.807) is 0 Å². The first-order valence-electron chi connectivity index (χ1n) is 9.31. The molecule has 0 saturated heterocycles. The maximum Gasteiger partial charge on any atom is 0.106 e. The monoisotopic (exact) mass is 355 g/mol. The number of carbonyl (C=O) groups excluding carboxylic acids is 1. The summed E-state index contributed by atoms with van der Waals surface area (Å²) in [5.74, 6) is 0. The first kappa shape index (κ1) is 34.8. The van der Waals surface area contributed by atoms with Gasteiger partial charge in [0.1, 0.15) is 6.79 Å². The first-order valence-corrected chi connectivity index (χ1v) is 9.31. The molecule has 1 aromatic rings. The van der Waals surface area contributed by atoms with E-state index in [-0.39, 0.29) is 0 Å². The molecule has 1 atom stereocenters. The van der Waals surface area contributed by atoms with Crippen LogP contribution in [0.1, 0.15) is 65.9 Å². The molecule has 0 bridgehead atoms. The third kappa shape index (κ3) is 30.9. The molecule has 0 amide bonds. The maximum absolute atomic E-state index is 8.00. The Balaban J connectivity index is -0.000000114. The lowest BCUT2D eigenvalue weighted by molar-refractivity contribution is -0.0979. The van der Waals surface area contributed by atoms with Crippen molar-refractivity contribution in [1.29, 1.82) is 0 Å². The third-order valence-electron chi connectivity index (χ3n) is 2.91. The van der Waals surface area contributed by atoms with Gasteiger partial charge >= 0.3 is 0 Å². The zero-order chi connectivity index (χ0) is 20.9. The van der Waals surface area contributed by atoms with Crippen LogP contribution in [0.25, 0.3) is 0 Å². The summed E-state index contributed by atoms with van der Waals surface area (Å²) in [6.45, 7) is 18.3. The molecule has 0 aliphatic heterocycles. The molecule has 25 heavy (non-hydrogen) atoms. The fraction of sp³-hybridized carbons (Fsp3) is 0.591. The molecule has 1 aromatic carbocycles. The summed E-state index contributed by atoms with van der Waals surface area (Å²) >= 11 is 0. The van der Waals surface area contributed by atoms with Crippen LogP contribution < -0.4 is 5.32 Å². The van der Waals surface area contributed by atoms with Crippen LogP contribution in [-0.2, 0) is 11.2 Å². The van der Waals surface area contributed by atoms with Gasteiger partial charge < -0.3 is 15.2 Å². The third-order valence-corrected chi connectivity index (χ3v) is 2.91. The second-order valence-corrected chi connectivity index (χ2v) is 4.15. The van der Waals surface area contributed by atoms with E-state index in [4.69, 9.17) is 9.90 Å². The lowest BCUT2D eigenvalue weighted by Crippen LogP contribution is -2.24. The molecular weight excluding hydrogens is 310 g/mol. The fourth-order valence-corrected chi connectivity index (χ4v) is 1.98. The summed E-state index contributed by atoms with van der Waals surface area (Å²) in [7, 11) is 3.07. The van der Waals surface area contributed by atoms with E-state index in [2.05, 4.69) is 62.8 Å². The smallest absolute Gasteiger partial charge is 0.106 e. The molecule has 3 heteroatoms. The van der Waals surface area contributed by atoms with Gasteiger partial charge in [0.05, 0.1) is 0 Å². The van der Waals surface area contributed by atoms with E-state index in [1.807, 2.05) is 34.5 Å². The molecule has 1 unspecified atom stereocenters. The van der Waals surface area contributed by atoms with E-state index in [9.17, 15) is 0 Å². The minimum atomic E-state index is 0.707. The van der Waals surface area contributed by atoms with E-state index in [0.717, 1.165) is 7.11 Å². The number of aryl methyl sites for hydroxylation is 1. The first-order chi connectivity index (χ1) is 12.4. The predicted molar refractivity (Wildman–Crippen MR) is 116 cm³/mol. The van der Waals surface area contributed by atoms with E-state index in [0.29, 0.717) is 6.04 Å². The second kappa shape index (κ2) is 43.3. The van der Waals surface area contributed by atoms with Crippen molar-refractivity contribution < 1.29 is 9.90 Å². The Bertz CT molecular complexity index is 277. The summed E-state index contributed by atoms with van der Waals surface area (Å²) in [5.41, 5.74) is 1.46. The van der Waals surface area contributed by atoms with Crippen molar-refractivity contribution >= 4 is 6.79 Å². The summed E-state index contributed by atoms with van der Waals surface area (Å²) in [6, 6.07) is 11.5. The average molecular weight is 356 g/mol. The summed E-state index contributed by atoms with van der Waals surface area (Å²) in [5, 5.41) is 10.4. The summed E-state index contributed by atoms with van der Waals surface area (Å²) in [4.78, 5) is 8.00. The van der Waals surface area contributed by atoms with Crippen molar-refractivity contribution in [2.24, 2.45) is 0 Å². The molecule has 3 nitrogen and oxygen atoms in total. The summed E-state index contributed by atoms with van der Waals surface area (Å²) in [6.07, 6.45) is 6.36.